The van der Waals surface area contributed by atoms with Crippen molar-refractivity contribution in [3.05, 3.63) is 168 Å². The van der Waals surface area contributed by atoms with E-state index in [2.05, 4.69) is 173 Å². The van der Waals surface area contributed by atoms with Crippen molar-refractivity contribution in [2.75, 3.05) is 0 Å². The number of fused-ring (bicyclic) bond motifs is 8. The summed E-state index contributed by atoms with van der Waals surface area (Å²) in [6.07, 6.45) is 25.7. The van der Waals surface area contributed by atoms with Gasteiger partial charge in [-0.2, -0.15) is 0 Å². The molecular weight excluding hydrogens is 841 g/mol. The molecule has 0 N–H and O–H groups in total. The van der Waals surface area contributed by atoms with E-state index < -0.39 is 0 Å². The summed E-state index contributed by atoms with van der Waals surface area (Å²) in [5.41, 5.74) is 17.8. The Kier molecular flexibility index (Phi) is 13.5. The largest absolute Gasteiger partial charge is 0.0654 e. The first-order chi connectivity index (χ1) is 34.6. The Bertz CT molecular complexity index is 3020. The van der Waals surface area contributed by atoms with E-state index in [4.69, 9.17) is 0 Å². The summed E-state index contributed by atoms with van der Waals surface area (Å²) in [6.45, 7) is 9.36. The fraction of sp³-hybridized carbons (Fsp3) is 0.371. The maximum atomic E-state index is 2.51. The van der Waals surface area contributed by atoms with Gasteiger partial charge in [0.15, 0.2) is 0 Å². The topological polar surface area (TPSA) is 0 Å². The molecule has 0 aliphatic heterocycles. The van der Waals surface area contributed by atoms with E-state index in [1.54, 1.807) is 22.3 Å². The molecule has 2 aliphatic carbocycles. The molecule has 0 fully saturated rings. The average molecular weight is 917 g/mol. The predicted molar refractivity (Wildman–Crippen MR) is 306 cm³/mol. The van der Waals surface area contributed by atoms with E-state index in [-0.39, 0.29) is 10.8 Å². The van der Waals surface area contributed by atoms with Crippen LogP contribution < -0.4 is 0 Å². The minimum atomic E-state index is 0.0633. The van der Waals surface area contributed by atoms with Crippen molar-refractivity contribution in [2.24, 2.45) is 0 Å². The molecule has 2 aliphatic rings. The molecule has 0 saturated heterocycles. The smallest absolute Gasteiger partial charge is 0.0215 e. The lowest BCUT2D eigenvalue weighted by atomic mass is 9.70. The Morgan fingerprint density at radius 3 is 0.943 bits per heavy atom. The van der Waals surface area contributed by atoms with Gasteiger partial charge in [0.2, 0.25) is 0 Å². The highest BCUT2D eigenvalue weighted by molar-refractivity contribution is 6.35. The summed E-state index contributed by atoms with van der Waals surface area (Å²) in [7, 11) is 0. The molecule has 70 heavy (non-hydrogen) atoms. The van der Waals surface area contributed by atoms with Crippen LogP contribution in [0, 0.1) is 0 Å². The van der Waals surface area contributed by atoms with Gasteiger partial charge in [0.25, 0.3) is 0 Å². The van der Waals surface area contributed by atoms with E-state index >= 15 is 0 Å². The number of rotatable bonds is 22. The van der Waals surface area contributed by atoms with E-state index in [9.17, 15) is 0 Å². The third kappa shape index (κ3) is 7.70. The molecule has 0 bridgehead atoms. The summed E-state index contributed by atoms with van der Waals surface area (Å²) in [5, 5.41) is 11.0. The molecule has 11 rings (SSSR count). The van der Waals surface area contributed by atoms with Gasteiger partial charge in [0.05, 0.1) is 0 Å². The maximum absolute atomic E-state index is 2.51. The highest BCUT2D eigenvalue weighted by Crippen LogP contribution is 2.59. The minimum absolute atomic E-state index is 0.0633. The van der Waals surface area contributed by atoms with Crippen molar-refractivity contribution in [3.63, 3.8) is 0 Å². The van der Waals surface area contributed by atoms with Gasteiger partial charge in [-0.25, -0.2) is 0 Å². The maximum Gasteiger partial charge on any atom is 0.0215 e. The van der Waals surface area contributed by atoms with E-state index in [1.165, 1.54) is 216 Å². The lowest BCUT2D eigenvalue weighted by molar-refractivity contribution is 0.401. The Labute approximate surface area is 420 Å². The first-order valence-electron chi connectivity index (χ1n) is 28.2. The highest BCUT2D eigenvalue weighted by Gasteiger charge is 2.44. The quantitative estimate of drug-likeness (QED) is 0.0361. The second kappa shape index (κ2) is 20.2. The van der Waals surface area contributed by atoms with Crippen LogP contribution in [0.5, 0.6) is 0 Å². The van der Waals surface area contributed by atoms with Crippen molar-refractivity contribution in [3.8, 4) is 44.5 Å². The van der Waals surface area contributed by atoms with Gasteiger partial charge in [-0.3, -0.25) is 0 Å². The third-order valence-electron chi connectivity index (χ3n) is 17.7. The van der Waals surface area contributed by atoms with Gasteiger partial charge in [0, 0.05) is 10.8 Å². The predicted octanol–water partition coefficient (Wildman–Crippen LogP) is 21.5. The lowest BCUT2D eigenvalue weighted by Gasteiger charge is -2.33. The molecule has 0 nitrogen and oxygen atoms in total. The number of unbranched alkanes of at least 4 members (excludes halogenated alkanes) is 12. The molecule has 9 aromatic carbocycles. The van der Waals surface area contributed by atoms with Gasteiger partial charge < -0.3 is 0 Å². The Hall–Kier alpha value is -5.72. The van der Waals surface area contributed by atoms with Crippen LogP contribution >= 0.6 is 0 Å². The average Bonchev–Trinajstić information content (AvgIpc) is 3.85. The van der Waals surface area contributed by atoms with Crippen LogP contribution in [0.25, 0.3) is 87.6 Å². The van der Waals surface area contributed by atoms with Crippen LogP contribution in [0.1, 0.15) is 178 Å². The zero-order chi connectivity index (χ0) is 47.7. The number of hydrogen-bond acceptors (Lipinski definition) is 0. The molecule has 356 valence electrons. The normalized spacial score (nSPS) is 14.2. The van der Waals surface area contributed by atoms with Crippen molar-refractivity contribution < 1.29 is 0 Å². The molecule has 0 spiro atoms. The summed E-state index contributed by atoms with van der Waals surface area (Å²) >= 11 is 0. The van der Waals surface area contributed by atoms with Gasteiger partial charge in [-0.15, -0.1) is 0 Å². The van der Waals surface area contributed by atoms with Crippen LogP contribution in [-0.4, -0.2) is 0 Å². The van der Waals surface area contributed by atoms with E-state index in [1.807, 2.05) is 0 Å². The molecule has 0 saturated carbocycles. The molecule has 0 radical (unpaired) electrons. The van der Waals surface area contributed by atoms with Crippen molar-refractivity contribution in [1.82, 2.24) is 0 Å². The van der Waals surface area contributed by atoms with Crippen molar-refractivity contribution >= 4 is 43.1 Å². The third-order valence-corrected chi connectivity index (χ3v) is 17.7. The Morgan fingerprint density at radius 1 is 0.243 bits per heavy atom. The summed E-state index contributed by atoms with van der Waals surface area (Å²) in [4.78, 5) is 0. The van der Waals surface area contributed by atoms with Gasteiger partial charge in [0.1, 0.15) is 0 Å². The van der Waals surface area contributed by atoms with Crippen LogP contribution in [0.2, 0.25) is 0 Å². The van der Waals surface area contributed by atoms with Gasteiger partial charge >= 0.3 is 0 Å². The van der Waals surface area contributed by atoms with Gasteiger partial charge in [-0.05, 0) is 136 Å². The van der Waals surface area contributed by atoms with Crippen LogP contribution in [0.15, 0.2) is 146 Å². The fourth-order valence-electron chi connectivity index (χ4n) is 14.4. The Balaban J connectivity index is 1.07. The molecule has 0 heterocycles. The van der Waals surface area contributed by atoms with Crippen LogP contribution in [0.3, 0.4) is 0 Å². The zero-order valence-corrected chi connectivity index (χ0v) is 43.0. The molecule has 0 aromatic heterocycles. The lowest BCUT2D eigenvalue weighted by Crippen LogP contribution is -2.25. The van der Waals surface area contributed by atoms with E-state index in [0.29, 0.717) is 0 Å². The Morgan fingerprint density at radius 2 is 0.557 bits per heavy atom. The molecule has 0 amide bonds. The monoisotopic (exact) mass is 917 g/mol. The highest BCUT2D eigenvalue weighted by atomic mass is 14.5. The molecule has 0 unspecified atom stereocenters. The van der Waals surface area contributed by atoms with Crippen LogP contribution in [0.4, 0.5) is 0 Å². The molecule has 0 atom stereocenters. The van der Waals surface area contributed by atoms with Gasteiger partial charge in [-0.1, -0.05) is 276 Å². The SMILES string of the molecule is CCCCCCC1(CCCCCC)c2ccccc2-c2c(-c3ccc4c5cccc6c(-c7cccc8c7-c7ccccc7C8(CCCCCC)CCCCCC)ccc(c7cccc3c74)c65)cccc21. The molecule has 9 aromatic rings. The second-order valence-corrected chi connectivity index (χ2v) is 21.7. The summed E-state index contributed by atoms with van der Waals surface area (Å²) in [6, 6.07) is 58.0. The summed E-state index contributed by atoms with van der Waals surface area (Å²) in [5.74, 6) is 0. The zero-order valence-electron chi connectivity index (χ0n) is 43.0. The summed E-state index contributed by atoms with van der Waals surface area (Å²) < 4.78 is 0. The van der Waals surface area contributed by atoms with Crippen molar-refractivity contribution in [1.29, 1.82) is 0 Å². The molecular formula is C70H76. The van der Waals surface area contributed by atoms with Crippen LogP contribution in [-0.2, 0) is 10.8 Å². The van der Waals surface area contributed by atoms with Crippen molar-refractivity contribution in [2.45, 2.75) is 167 Å². The second-order valence-electron chi connectivity index (χ2n) is 21.7. The first-order valence-corrected chi connectivity index (χ1v) is 28.2. The molecule has 0 heteroatoms. The first kappa shape index (κ1) is 46.7. The standard InChI is InChI=1S/C70H76/c1-5-9-13-21-45-69(46-22-14-10-6-2)61-37-19-17-29-59(61)67-53(35-27-39-63(67)69)49-41-43-57-56-34-26-32-52-50(42-44-58(66(52)56)55-33-25-31-51(49)65(55)57)54-36-28-40-64-68(54)60-30-18-20-38-62(60)70(64,47-23-15-11-7-3)48-24-16-12-8-4/h17-20,25-44H,5-16,21-24,45-48H2,1-4H3. The fourth-order valence-corrected chi connectivity index (χ4v) is 14.4. The minimum Gasteiger partial charge on any atom is -0.0654 e. The van der Waals surface area contributed by atoms with E-state index in [0.717, 1.165) is 0 Å². The number of hydrogen-bond donors (Lipinski definition) is 0. The number of benzene rings is 9.